The SMILES string of the molecule is CCNc1cc(=O)[nH]c(C(C)C)n1. The minimum absolute atomic E-state index is 0.102. The number of aromatic nitrogens is 2. The molecule has 2 N–H and O–H groups in total. The van der Waals surface area contributed by atoms with Crippen LogP contribution in [-0.4, -0.2) is 16.5 Å². The number of H-pyrrole nitrogens is 1. The number of hydrogen-bond acceptors (Lipinski definition) is 3. The summed E-state index contributed by atoms with van der Waals surface area (Å²) in [6.07, 6.45) is 0. The molecule has 1 heterocycles. The molecule has 0 saturated carbocycles. The lowest BCUT2D eigenvalue weighted by Crippen LogP contribution is -2.14. The monoisotopic (exact) mass is 181 g/mol. The highest BCUT2D eigenvalue weighted by Gasteiger charge is 2.03. The Morgan fingerprint density at radius 1 is 1.62 bits per heavy atom. The molecule has 0 aliphatic carbocycles. The van der Waals surface area contributed by atoms with Crippen molar-refractivity contribution in [2.75, 3.05) is 11.9 Å². The third-order valence-electron chi connectivity index (χ3n) is 1.66. The van der Waals surface area contributed by atoms with E-state index in [-0.39, 0.29) is 11.5 Å². The first kappa shape index (κ1) is 9.77. The predicted molar refractivity (Wildman–Crippen MR) is 53.1 cm³/mol. The van der Waals surface area contributed by atoms with Gasteiger partial charge in [-0.25, -0.2) is 4.98 Å². The molecular formula is C9H15N3O. The first-order valence-electron chi connectivity index (χ1n) is 4.48. The van der Waals surface area contributed by atoms with Crippen LogP contribution in [0, 0.1) is 0 Å². The second kappa shape index (κ2) is 4.07. The zero-order valence-corrected chi connectivity index (χ0v) is 8.22. The van der Waals surface area contributed by atoms with Gasteiger partial charge in [0.1, 0.15) is 11.6 Å². The van der Waals surface area contributed by atoms with Crippen LogP contribution in [0.5, 0.6) is 0 Å². The summed E-state index contributed by atoms with van der Waals surface area (Å²) in [5, 5.41) is 3.01. The topological polar surface area (TPSA) is 57.8 Å². The van der Waals surface area contributed by atoms with E-state index < -0.39 is 0 Å². The number of nitrogens with zero attached hydrogens (tertiary/aromatic N) is 1. The lowest BCUT2D eigenvalue weighted by molar-refractivity contribution is 0.767. The van der Waals surface area contributed by atoms with Crippen LogP contribution in [0.25, 0.3) is 0 Å². The maximum Gasteiger partial charge on any atom is 0.252 e. The molecule has 0 atom stereocenters. The van der Waals surface area contributed by atoms with Gasteiger partial charge in [-0.1, -0.05) is 13.8 Å². The average Bonchev–Trinajstić information content (AvgIpc) is 2.03. The van der Waals surface area contributed by atoms with Crippen LogP contribution in [0.2, 0.25) is 0 Å². The molecule has 0 radical (unpaired) electrons. The summed E-state index contributed by atoms with van der Waals surface area (Å²) in [6, 6.07) is 1.47. The van der Waals surface area contributed by atoms with Gasteiger partial charge in [-0.15, -0.1) is 0 Å². The molecule has 0 unspecified atom stereocenters. The van der Waals surface area contributed by atoms with Crippen LogP contribution >= 0.6 is 0 Å². The summed E-state index contributed by atoms with van der Waals surface area (Å²) in [4.78, 5) is 18.1. The minimum atomic E-state index is -0.102. The normalized spacial score (nSPS) is 10.5. The van der Waals surface area contributed by atoms with E-state index in [2.05, 4.69) is 15.3 Å². The maximum atomic E-state index is 11.2. The van der Waals surface area contributed by atoms with E-state index in [4.69, 9.17) is 0 Å². The van der Waals surface area contributed by atoms with Crippen molar-refractivity contribution < 1.29 is 0 Å². The number of rotatable bonds is 3. The molecule has 1 aromatic rings. The standard InChI is InChI=1S/C9H15N3O/c1-4-10-7-5-8(13)12-9(11-7)6(2)3/h5-6H,4H2,1-3H3,(H2,10,11,12,13). The second-order valence-corrected chi connectivity index (χ2v) is 3.20. The molecule has 13 heavy (non-hydrogen) atoms. The van der Waals surface area contributed by atoms with Crippen LogP contribution in [0.1, 0.15) is 32.5 Å². The number of anilines is 1. The first-order valence-corrected chi connectivity index (χ1v) is 4.48. The third-order valence-corrected chi connectivity index (χ3v) is 1.66. The first-order chi connectivity index (χ1) is 6.13. The van der Waals surface area contributed by atoms with Crippen molar-refractivity contribution in [1.29, 1.82) is 0 Å². The Morgan fingerprint density at radius 2 is 2.31 bits per heavy atom. The van der Waals surface area contributed by atoms with E-state index in [1.165, 1.54) is 6.07 Å². The van der Waals surface area contributed by atoms with Gasteiger partial charge >= 0.3 is 0 Å². The largest absolute Gasteiger partial charge is 0.370 e. The summed E-state index contributed by atoms with van der Waals surface area (Å²) in [7, 11) is 0. The van der Waals surface area contributed by atoms with Gasteiger partial charge in [-0.2, -0.15) is 0 Å². The van der Waals surface area contributed by atoms with E-state index >= 15 is 0 Å². The molecule has 1 aromatic heterocycles. The van der Waals surface area contributed by atoms with E-state index in [1.807, 2.05) is 20.8 Å². The molecule has 0 aromatic carbocycles. The lowest BCUT2D eigenvalue weighted by atomic mass is 10.2. The molecular weight excluding hydrogens is 166 g/mol. The Hall–Kier alpha value is -1.32. The highest BCUT2D eigenvalue weighted by atomic mass is 16.1. The molecule has 0 amide bonds. The fraction of sp³-hybridized carbons (Fsp3) is 0.556. The van der Waals surface area contributed by atoms with Crippen molar-refractivity contribution in [3.63, 3.8) is 0 Å². The Kier molecular flexibility index (Phi) is 3.06. The van der Waals surface area contributed by atoms with Crippen molar-refractivity contribution in [3.8, 4) is 0 Å². The van der Waals surface area contributed by atoms with Crippen LogP contribution in [-0.2, 0) is 0 Å². The van der Waals surface area contributed by atoms with Gasteiger partial charge in [-0.3, -0.25) is 4.79 Å². The van der Waals surface area contributed by atoms with Gasteiger partial charge in [0, 0.05) is 18.5 Å². The van der Waals surface area contributed by atoms with Crippen molar-refractivity contribution in [3.05, 3.63) is 22.2 Å². The number of aromatic amines is 1. The van der Waals surface area contributed by atoms with Gasteiger partial charge in [0.2, 0.25) is 0 Å². The fourth-order valence-electron chi connectivity index (χ4n) is 1.02. The van der Waals surface area contributed by atoms with E-state index in [0.717, 1.165) is 12.4 Å². The van der Waals surface area contributed by atoms with Crippen molar-refractivity contribution in [1.82, 2.24) is 9.97 Å². The van der Waals surface area contributed by atoms with Gasteiger partial charge in [-0.05, 0) is 6.92 Å². The third kappa shape index (κ3) is 2.57. The number of hydrogen-bond donors (Lipinski definition) is 2. The Balaban J connectivity index is 3.04. The Bertz CT molecular complexity index is 330. The fourth-order valence-corrected chi connectivity index (χ4v) is 1.02. The summed E-state index contributed by atoms with van der Waals surface area (Å²) in [5.41, 5.74) is -0.102. The molecule has 0 saturated heterocycles. The van der Waals surface area contributed by atoms with Gasteiger partial charge in [0.25, 0.3) is 5.56 Å². The zero-order chi connectivity index (χ0) is 9.84. The quantitative estimate of drug-likeness (QED) is 0.739. The minimum Gasteiger partial charge on any atom is -0.370 e. The molecule has 0 fully saturated rings. The molecule has 4 nitrogen and oxygen atoms in total. The average molecular weight is 181 g/mol. The highest BCUT2D eigenvalue weighted by Crippen LogP contribution is 2.08. The molecule has 0 bridgehead atoms. The Labute approximate surface area is 77.4 Å². The molecule has 0 aliphatic heterocycles. The maximum absolute atomic E-state index is 11.2. The molecule has 1 rings (SSSR count). The smallest absolute Gasteiger partial charge is 0.252 e. The summed E-state index contributed by atoms with van der Waals surface area (Å²) >= 11 is 0. The molecule has 0 spiro atoms. The van der Waals surface area contributed by atoms with E-state index in [0.29, 0.717) is 5.82 Å². The molecule has 0 aliphatic rings. The van der Waals surface area contributed by atoms with Crippen molar-refractivity contribution in [2.24, 2.45) is 0 Å². The summed E-state index contributed by atoms with van der Waals surface area (Å²) in [6.45, 7) is 6.73. The summed E-state index contributed by atoms with van der Waals surface area (Å²) in [5.74, 6) is 1.62. The predicted octanol–water partition coefficient (Wildman–Crippen LogP) is 1.33. The summed E-state index contributed by atoms with van der Waals surface area (Å²) < 4.78 is 0. The van der Waals surface area contributed by atoms with Crippen LogP contribution in [0.15, 0.2) is 10.9 Å². The van der Waals surface area contributed by atoms with Gasteiger partial charge < -0.3 is 10.3 Å². The lowest BCUT2D eigenvalue weighted by Gasteiger charge is -2.06. The zero-order valence-electron chi connectivity index (χ0n) is 8.22. The Morgan fingerprint density at radius 3 is 2.85 bits per heavy atom. The van der Waals surface area contributed by atoms with Crippen LogP contribution in [0.3, 0.4) is 0 Å². The van der Waals surface area contributed by atoms with E-state index in [1.54, 1.807) is 0 Å². The van der Waals surface area contributed by atoms with E-state index in [9.17, 15) is 4.79 Å². The van der Waals surface area contributed by atoms with Crippen molar-refractivity contribution >= 4 is 5.82 Å². The molecule has 4 heteroatoms. The van der Waals surface area contributed by atoms with Crippen molar-refractivity contribution in [2.45, 2.75) is 26.7 Å². The van der Waals surface area contributed by atoms with Gasteiger partial charge in [0.05, 0.1) is 0 Å². The highest BCUT2D eigenvalue weighted by molar-refractivity contribution is 5.32. The second-order valence-electron chi connectivity index (χ2n) is 3.20. The van der Waals surface area contributed by atoms with Gasteiger partial charge in [0.15, 0.2) is 0 Å². The van der Waals surface area contributed by atoms with Crippen LogP contribution in [0.4, 0.5) is 5.82 Å². The number of nitrogens with one attached hydrogen (secondary N) is 2. The molecule has 72 valence electrons. The van der Waals surface area contributed by atoms with Crippen LogP contribution < -0.4 is 10.9 Å².